The number of ether oxygens (including phenoxy) is 3. The van der Waals surface area contributed by atoms with Gasteiger partial charge in [0.1, 0.15) is 0 Å². The summed E-state index contributed by atoms with van der Waals surface area (Å²) in [6, 6.07) is 7.18. The zero-order chi connectivity index (χ0) is 24.1. The minimum atomic E-state index is -4.85. The highest BCUT2D eigenvalue weighted by atomic mass is 32.2. The highest BCUT2D eigenvalue weighted by Crippen LogP contribution is 2.41. The van der Waals surface area contributed by atoms with Crippen LogP contribution in [0, 0.1) is 0 Å². The molecule has 2 rings (SSSR count). The summed E-state index contributed by atoms with van der Waals surface area (Å²) in [5.74, 6) is 0.716. The zero-order valence-electron chi connectivity index (χ0n) is 17.2. The number of aliphatic hydroxyl groups is 1. The molecule has 2 aromatic carbocycles. The molecule has 0 radical (unpaired) electrons. The predicted octanol–water partition coefficient (Wildman–Crippen LogP) is 4.93. The Balaban J connectivity index is 2.47. The number of thioether (sulfide) groups is 1. The van der Waals surface area contributed by atoms with Gasteiger partial charge in [-0.3, -0.25) is 0 Å². The number of benzene rings is 2. The van der Waals surface area contributed by atoms with Gasteiger partial charge in [0.15, 0.2) is 17.6 Å². The Kier molecular flexibility index (Phi) is 8.54. The SMILES string of the molecule is COc1cc([C@H](NC[C@@H](O)C(F)(F)F)c2ccc(SC(F)(F)F)cc2)cc(OC)c1OC. The molecule has 2 aromatic rings. The molecule has 0 unspecified atom stereocenters. The van der Waals surface area contributed by atoms with Gasteiger partial charge in [0.05, 0.1) is 27.4 Å². The van der Waals surface area contributed by atoms with Crippen LogP contribution in [0.1, 0.15) is 17.2 Å². The van der Waals surface area contributed by atoms with Crippen molar-refractivity contribution >= 4 is 11.8 Å². The summed E-state index contributed by atoms with van der Waals surface area (Å²) in [7, 11) is 4.10. The van der Waals surface area contributed by atoms with Crippen molar-refractivity contribution in [2.24, 2.45) is 0 Å². The Morgan fingerprint density at radius 2 is 1.41 bits per heavy atom. The number of aliphatic hydroxyl groups excluding tert-OH is 1. The van der Waals surface area contributed by atoms with Crippen LogP contribution in [0.15, 0.2) is 41.3 Å². The number of hydrogen-bond donors (Lipinski definition) is 2. The van der Waals surface area contributed by atoms with Crippen LogP contribution in [0.2, 0.25) is 0 Å². The average molecular weight is 485 g/mol. The lowest BCUT2D eigenvalue weighted by atomic mass is 9.97. The van der Waals surface area contributed by atoms with Crippen molar-refractivity contribution in [3.8, 4) is 17.2 Å². The van der Waals surface area contributed by atoms with E-state index in [4.69, 9.17) is 14.2 Å². The second kappa shape index (κ2) is 10.5. The van der Waals surface area contributed by atoms with Gasteiger partial charge in [0.2, 0.25) is 5.75 Å². The first-order valence-corrected chi connectivity index (χ1v) is 9.85. The molecule has 0 heterocycles. The lowest BCUT2D eigenvalue weighted by molar-refractivity contribution is -0.202. The number of methoxy groups -OCH3 is 3. The Hall–Kier alpha value is -2.31. The highest BCUT2D eigenvalue weighted by molar-refractivity contribution is 8.00. The van der Waals surface area contributed by atoms with Crippen LogP contribution < -0.4 is 19.5 Å². The first-order chi connectivity index (χ1) is 14.9. The monoisotopic (exact) mass is 485 g/mol. The Labute approximate surface area is 184 Å². The highest BCUT2D eigenvalue weighted by Gasteiger charge is 2.38. The quantitative estimate of drug-likeness (QED) is 0.388. The van der Waals surface area contributed by atoms with Crippen LogP contribution in [0.25, 0.3) is 0 Å². The molecule has 2 atom stereocenters. The maximum Gasteiger partial charge on any atom is 0.446 e. The van der Waals surface area contributed by atoms with Gasteiger partial charge in [-0.2, -0.15) is 26.3 Å². The van der Waals surface area contributed by atoms with Gasteiger partial charge < -0.3 is 24.6 Å². The van der Waals surface area contributed by atoms with E-state index in [1.807, 2.05) is 0 Å². The van der Waals surface area contributed by atoms with E-state index in [1.165, 1.54) is 57.7 Å². The fourth-order valence-electron chi connectivity index (χ4n) is 2.90. The van der Waals surface area contributed by atoms with Crippen molar-refractivity contribution in [3.05, 3.63) is 47.5 Å². The summed E-state index contributed by atoms with van der Waals surface area (Å²) in [5, 5.41) is 12.0. The second-order valence-electron chi connectivity index (χ2n) is 6.47. The van der Waals surface area contributed by atoms with Crippen molar-refractivity contribution in [1.29, 1.82) is 0 Å². The predicted molar refractivity (Wildman–Crippen MR) is 106 cm³/mol. The molecule has 178 valence electrons. The number of halogens is 6. The van der Waals surface area contributed by atoms with Crippen LogP contribution in [0.4, 0.5) is 26.3 Å². The van der Waals surface area contributed by atoms with Crippen LogP contribution in [-0.4, -0.2) is 50.8 Å². The van der Waals surface area contributed by atoms with Crippen molar-refractivity contribution in [1.82, 2.24) is 5.32 Å². The van der Waals surface area contributed by atoms with Gasteiger partial charge in [-0.25, -0.2) is 0 Å². The van der Waals surface area contributed by atoms with E-state index in [0.29, 0.717) is 11.1 Å². The summed E-state index contributed by atoms with van der Waals surface area (Å²) in [6.45, 7) is -0.857. The van der Waals surface area contributed by atoms with E-state index in [2.05, 4.69) is 5.32 Å². The third-order valence-corrected chi connectivity index (χ3v) is 5.10. The van der Waals surface area contributed by atoms with Gasteiger partial charge in [-0.15, -0.1) is 0 Å². The smallest absolute Gasteiger partial charge is 0.446 e. The van der Waals surface area contributed by atoms with E-state index >= 15 is 0 Å². The molecule has 0 aliphatic rings. The molecular formula is C20H21F6NO4S. The Morgan fingerprint density at radius 3 is 1.81 bits per heavy atom. The van der Waals surface area contributed by atoms with Crippen LogP contribution in [0.3, 0.4) is 0 Å². The molecule has 5 nitrogen and oxygen atoms in total. The molecule has 0 amide bonds. The average Bonchev–Trinajstić information content (AvgIpc) is 2.72. The van der Waals surface area contributed by atoms with Crippen LogP contribution in [-0.2, 0) is 0 Å². The molecule has 0 saturated heterocycles. The standard InChI is InChI=1S/C20H21F6NO4S/c1-29-14-8-12(9-15(30-2)18(14)31-3)17(27-10-16(28)19(21,22)23)11-4-6-13(7-5-11)32-20(24,25)26/h4-9,16-17,27-28H,10H2,1-3H3/t16-,17-/m1/s1. The lowest BCUT2D eigenvalue weighted by Crippen LogP contribution is -2.40. The van der Waals surface area contributed by atoms with Gasteiger partial charge in [-0.1, -0.05) is 12.1 Å². The van der Waals surface area contributed by atoms with E-state index in [0.717, 1.165) is 0 Å². The molecule has 32 heavy (non-hydrogen) atoms. The molecule has 0 bridgehead atoms. The van der Waals surface area contributed by atoms with Gasteiger partial charge in [-0.05, 0) is 47.2 Å². The topological polar surface area (TPSA) is 60.0 Å². The number of alkyl halides is 6. The molecule has 2 N–H and O–H groups in total. The molecule has 12 heteroatoms. The third-order valence-electron chi connectivity index (χ3n) is 4.36. The second-order valence-corrected chi connectivity index (χ2v) is 7.61. The maximum atomic E-state index is 12.8. The summed E-state index contributed by atoms with van der Waals surface area (Å²) in [4.78, 5) is -0.0831. The van der Waals surface area contributed by atoms with E-state index in [9.17, 15) is 31.4 Å². The van der Waals surface area contributed by atoms with E-state index in [-0.39, 0.29) is 33.9 Å². The zero-order valence-corrected chi connectivity index (χ0v) is 18.0. The number of hydrogen-bond acceptors (Lipinski definition) is 6. The summed E-state index contributed by atoms with van der Waals surface area (Å²) < 4.78 is 92.0. The van der Waals surface area contributed by atoms with E-state index < -0.39 is 30.4 Å². The van der Waals surface area contributed by atoms with Crippen LogP contribution >= 0.6 is 11.8 Å². The molecule has 0 fully saturated rings. The Bertz CT molecular complexity index is 864. The van der Waals surface area contributed by atoms with Gasteiger partial charge in [0.25, 0.3) is 0 Å². The number of nitrogens with one attached hydrogen (secondary N) is 1. The fraction of sp³-hybridized carbons (Fsp3) is 0.400. The maximum absolute atomic E-state index is 12.8. The normalized spacial score (nSPS) is 14.1. The van der Waals surface area contributed by atoms with Crippen LogP contribution in [0.5, 0.6) is 17.2 Å². The number of rotatable bonds is 9. The largest absolute Gasteiger partial charge is 0.493 e. The third kappa shape index (κ3) is 6.84. The molecule has 0 aliphatic heterocycles. The van der Waals surface area contributed by atoms with Crippen molar-refractivity contribution < 1.29 is 45.7 Å². The molecule has 0 aromatic heterocycles. The first-order valence-electron chi connectivity index (χ1n) is 9.03. The molecular weight excluding hydrogens is 464 g/mol. The summed E-state index contributed by atoms with van der Waals surface area (Å²) in [5.41, 5.74) is -3.74. The Morgan fingerprint density at radius 1 is 0.875 bits per heavy atom. The van der Waals surface area contributed by atoms with Crippen molar-refractivity contribution in [2.45, 2.75) is 28.7 Å². The summed E-state index contributed by atoms with van der Waals surface area (Å²) in [6.07, 6.45) is -7.49. The van der Waals surface area contributed by atoms with Crippen molar-refractivity contribution in [3.63, 3.8) is 0 Å². The van der Waals surface area contributed by atoms with Gasteiger partial charge in [0, 0.05) is 11.4 Å². The minimum absolute atomic E-state index is 0.0831. The summed E-state index contributed by atoms with van der Waals surface area (Å²) >= 11 is -0.310. The van der Waals surface area contributed by atoms with E-state index in [1.54, 1.807) is 0 Å². The lowest BCUT2D eigenvalue weighted by Gasteiger charge is -2.24. The molecule has 0 spiro atoms. The molecule has 0 aliphatic carbocycles. The first kappa shape index (κ1) is 25.9. The minimum Gasteiger partial charge on any atom is -0.493 e. The van der Waals surface area contributed by atoms with Gasteiger partial charge >= 0.3 is 11.7 Å². The van der Waals surface area contributed by atoms with Crippen molar-refractivity contribution in [2.75, 3.05) is 27.9 Å². The fourth-order valence-corrected chi connectivity index (χ4v) is 3.44. The molecule has 0 saturated carbocycles.